The summed E-state index contributed by atoms with van der Waals surface area (Å²) < 4.78 is 11.8. The van der Waals surface area contributed by atoms with Gasteiger partial charge in [-0.2, -0.15) is 5.26 Å². The minimum absolute atomic E-state index is 0.454. The number of hydrogen-bond donors (Lipinski definition) is 0. The number of nitriles is 1. The summed E-state index contributed by atoms with van der Waals surface area (Å²) in [5.41, 5.74) is 4.55. The lowest BCUT2D eigenvalue weighted by atomic mass is 10.0. The Hall–Kier alpha value is -3.69. The Labute approximate surface area is 236 Å². The predicted molar refractivity (Wildman–Crippen MR) is 162 cm³/mol. The van der Waals surface area contributed by atoms with Crippen molar-refractivity contribution in [2.75, 3.05) is 13.2 Å². The second-order valence-corrected chi connectivity index (χ2v) is 10.3. The highest BCUT2D eigenvalue weighted by atomic mass is 16.5. The number of ether oxygens (including phenoxy) is 2. The number of nitrogens with zero attached hydrogens (tertiary/aromatic N) is 1. The molecule has 39 heavy (non-hydrogen) atoms. The molecule has 0 heterocycles. The summed E-state index contributed by atoms with van der Waals surface area (Å²) >= 11 is 0. The fourth-order valence-electron chi connectivity index (χ4n) is 4.23. The topological polar surface area (TPSA) is 42.2 Å². The lowest BCUT2D eigenvalue weighted by Gasteiger charge is -2.12. The third-order valence-corrected chi connectivity index (χ3v) is 7.01. The zero-order chi connectivity index (χ0) is 27.7. The van der Waals surface area contributed by atoms with Gasteiger partial charge in [-0.15, -0.1) is 0 Å². The van der Waals surface area contributed by atoms with Crippen molar-refractivity contribution in [2.24, 2.45) is 5.92 Å². The van der Waals surface area contributed by atoms with Gasteiger partial charge < -0.3 is 9.47 Å². The van der Waals surface area contributed by atoms with Crippen molar-refractivity contribution in [1.29, 1.82) is 5.26 Å². The van der Waals surface area contributed by atoms with Crippen molar-refractivity contribution >= 4 is 0 Å². The van der Waals surface area contributed by atoms with Crippen LogP contribution in [0.2, 0.25) is 0 Å². The van der Waals surface area contributed by atoms with Crippen LogP contribution in [0.25, 0.3) is 11.1 Å². The van der Waals surface area contributed by atoms with Crippen LogP contribution in [0.1, 0.15) is 95.2 Å². The summed E-state index contributed by atoms with van der Waals surface area (Å²) in [6.45, 7) is 7.93. The average Bonchev–Trinajstić information content (AvgIpc) is 2.98. The Morgan fingerprint density at radius 3 is 1.92 bits per heavy atom. The van der Waals surface area contributed by atoms with E-state index < -0.39 is 0 Å². The number of benzene rings is 3. The van der Waals surface area contributed by atoms with Gasteiger partial charge in [0.25, 0.3) is 0 Å². The first-order valence-corrected chi connectivity index (χ1v) is 14.6. The highest BCUT2D eigenvalue weighted by Gasteiger charge is 2.07. The van der Waals surface area contributed by atoms with E-state index >= 15 is 0 Å². The molecular formula is C36H43NO2. The van der Waals surface area contributed by atoms with Gasteiger partial charge in [0.15, 0.2) is 0 Å². The van der Waals surface area contributed by atoms with Crippen LogP contribution >= 0.6 is 0 Å². The van der Waals surface area contributed by atoms with Crippen LogP contribution in [0, 0.1) is 29.1 Å². The highest BCUT2D eigenvalue weighted by Crippen LogP contribution is 2.24. The van der Waals surface area contributed by atoms with Crippen LogP contribution in [0.15, 0.2) is 66.7 Å². The maximum absolute atomic E-state index is 9.52. The van der Waals surface area contributed by atoms with Crippen molar-refractivity contribution in [1.82, 2.24) is 0 Å². The first kappa shape index (κ1) is 29.9. The lowest BCUT2D eigenvalue weighted by Crippen LogP contribution is -2.08. The normalized spacial score (nSPS) is 11.2. The summed E-state index contributed by atoms with van der Waals surface area (Å²) in [5, 5.41) is 9.52. The molecule has 0 aliphatic heterocycles. The fourth-order valence-corrected chi connectivity index (χ4v) is 4.23. The molecule has 0 saturated carbocycles. The number of hydrogen-bond acceptors (Lipinski definition) is 3. The second kappa shape index (κ2) is 17.0. The third kappa shape index (κ3) is 10.5. The van der Waals surface area contributed by atoms with Crippen LogP contribution in [-0.2, 0) is 0 Å². The highest BCUT2D eigenvalue weighted by molar-refractivity contribution is 5.65. The van der Waals surface area contributed by atoms with Crippen LogP contribution in [0.4, 0.5) is 0 Å². The molecule has 0 aliphatic carbocycles. The first-order chi connectivity index (χ1) is 19.1. The Bertz CT molecular complexity index is 1230. The quantitative estimate of drug-likeness (QED) is 0.148. The molecule has 3 heteroatoms. The molecule has 0 amide bonds. The van der Waals surface area contributed by atoms with Crippen molar-refractivity contribution in [3.63, 3.8) is 0 Å². The molecule has 3 rings (SSSR count). The smallest absolute Gasteiger partial charge is 0.137 e. The Morgan fingerprint density at radius 1 is 0.692 bits per heavy atom. The largest absolute Gasteiger partial charge is 0.494 e. The molecule has 0 radical (unpaired) electrons. The Balaban J connectivity index is 1.48. The zero-order valence-corrected chi connectivity index (χ0v) is 24.0. The zero-order valence-electron chi connectivity index (χ0n) is 24.0. The van der Waals surface area contributed by atoms with Gasteiger partial charge in [0.05, 0.1) is 18.8 Å². The van der Waals surface area contributed by atoms with Crippen molar-refractivity contribution in [3.05, 3.63) is 83.4 Å². The van der Waals surface area contributed by atoms with Gasteiger partial charge in [-0.25, -0.2) is 0 Å². The average molecular weight is 522 g/mol. The molecular weight excluding hydrogens is 478 g/mol. The molecule has 0 saturated heterocycles. The molecule has 204 valence electrons. The van der Waals surface area contributed by atoms with Crippen LogP contribution in [0.3, 0.4) is 0 Å². The van der Waals surface area contributed by atoms with Gasteiger partial charge in [-0.05, 0) is 65.9 Å². The molecule has 0 bridgehead atoms. The van der Waals surface area contributed by atoms with Crippen LogP contribution in [0.5, 0.6) is 11.5 Å². The van der Waals surface area contributed by atoms with Gasteiger partial charge >= 0.3 is 0 Å². The Kier molecular flexibility index (Phi) is 13.0. The van der Waals surface area contributed by atoms with E-state index in [1.54, 1.807) is 6.07 Å². The molecule has 3 aromatic carbocycles. The minimum atomic E-state index is 0.454. The summed E-state index contributed by atoms with van der Waals surface area (Å²) in [7, 11) is 0. The monoisotopic (exact) mass is 521 g/mol. The van der Waals surface area contributed by atoms with Gasteiger partial charge in [-0.3, -0.25) is 0 Å². The fraction of sp³-hybridized carbons (Fsp3) is 0.417. The van der Waals surface area contributed by atoms with Crippen molar-refractivity contribution in [2.45, 2.75) is 78.6 Å². The van der Waals surface area contributed by atoms with Crippen molar-refractivity contribution < 1.29 is 9.47 Å². The molecule has 3 aromatic rings. The van der Waals surface area contributed by atoms with Crippen molar-refractivity contribution in [3.8, 4) is 40.5 Å². The van der Waals surface area contributed by atoms with E-state index in [1.807, 2.05) is 24.3 Å². The molecule has 0 fully saturated rings. The molecule has 0 aliphatic rings. The maximum atomic E-state index is 9.52. The molecule has 3 nitrogen and oxygen atoms in total. The van der Waals surface area contributed by atoms with Gasteiger partial charge in [-0.1, -0.05) is 108 Å². The molecule has 1 atom stereocenters. The molecule has 0 spiro atoms. The van der Waals surface area contributed by atoms with Gasteiger partial charge in [0, 0.05) is 11.1 Å². The van der Waals surface area contributed by atoms with E-state index in [0.717, 1.165) is 47.5 Å². The summed E-state index contributed by atoms with van der Waals surface area (Å²) in [4.78, 5) is 0. The summed E-state index contributed by atoms with van der Waals surface area (Å²) in [5.74, 6) is 8.39. The van der Waals surface area contributed by atoms with Crippen LogP contribution < -0.4 is 9.47 Å². The predicted octanol–water partition coefficient (Wildman–Crippen LogP) is 9.57. The standard InChI is InChI=1S/C36H43NO2/c1-4-6-7-8-9-10-11-12-25-38-35-22-20-33(21-23-35)32-18-15-30(16-19-32)13-14-31-17-24-36(34(26-31)27-37)39-28-29(3)5-2/h15-24,26,29H,4-12,25,28H2,1-3H3. The Morgan fingerprint density at radius 2 is 1.28 bits per heavy atom. The number of unbranched alkanes of at least 4 members (excludes halogenated alkanes) is 7. The maximum Gasteiger partial charge on any atom is 0.137 e. The first-order valence-electron chi connectivity index (χ1n) is 14.6. The molecule has 0 N–H and O–H groups in total. The number of rotatable bonds is 15. The third-order valence-electron chi connectivity index (χ3n) is 7.01. The SMILES string of the molecule is CCCCCCCCCCOc1ccc(-c2ccc(C#Cc3ccc(OCC(C)CC)c(C#N)c3)cc2)cc1. The lowest BCUT2D eigenvalue weighted by molar-refractivity contribution is 0.256. The van der Waals surface area contributed by atoms with E-state index in [9.17, 15) is 5.26 Å². The summed E-state index contributed by atoms with van der Waals surface area (Å²) in [6, 6.07) is 24.3. The molecule has 0 aromatic heterocycles. The van der Waals surface area contributed by atoms with E-state index in [1.165, 1.54) is 44.9 Å². The van der Waals surface area contributed by atoms with Crippen LogP contribution in [-0.4, -0.2) is 13.2 Å². The van der Waals surface area contributed by atoms with Gasteiger partial charge in [0.1, 0.15) is 17.6 Å². The minimum Gasteiger partial charge on any atom is -0.494 e. The summed E-state index contributed by atoms with van der Waals surface area (Å²) in [6.07, 6.45) is 11.5. The second-order valence-electron chi connectivity index (χ2n) is 10.3. The van der Waals surface area contributed by atoms with E-state index in [2.05, 4.69) is 75.1 Å². The van der Waals surface area contributed by atoms with Gasteiger partial charge in [0.2, 0.25) is 0 Å². The van der Waals surface area contributed by atoms with E-state index in [-0.39, 0.29) is 0 Å². The van der Waals surface area contributed by atoms with E-state index in [0.29, 0.717) is 23.8 Å². The van der Waals surface area contributed by atoms with E-state index in [4.69, 9.17) is 9.47 Å². The molecule has 1 unspecified atom stereocenters.